The number of nitrogens with zero attached hydrogens (tertiary/aromatic N) is 2. The summed E-state index contributed by atoms with van der Waals surface area (Å²) in [5.74, 6) is 0.224. The molecule has 6 nitrogen and oxygen atoms in total. The Labute approximate surface area is 127 Å². The van der Waals surface area contributed by atoms with Crippen molar-refractivity contribution < 1.29 is 9.59 Å². The molecule has 2 heterocycles. The van der Waals surface area contributed by atoms with Crippen LogP contribution in [0.1, 0.15) is 32.1 Å². The molecule has 0 aromatic heterocycles. The zero-order valence-corrected chi connectivity index (χ0v) is 13.1. The first-order chi connectivity index (χ1) is 10.2. The number of rotatable bonds is 5. The SMILES string of the molecule is CNCCCNC(=O)C1CCN(C(=O)N2CCCC2)CC1. The molecule has 0 bridgehead atoms. The van der Waals surface area contributed by atoms with E-state index in [1.54, 1.807) is 0 Å². The molecule has 0 aromatic rings. The Morgan fingerprint density at radius 2 is 1.62 bits per heavy atom. The van der Waals surface area contributed by atoms with Crippen LogP contribution < -0.4 is 10.6 Å². The number of hydrogen-bond donors (Lipinski definition) is 2. The van der Waals surface area contributed by atoms with E-state index in [1.165, 1.54) is 0 Å². The predicted molar refractivity (Wildman–Crippen MR) is 82.1 cm³/mol. The molecule has 2 aliphatic rings. The molecule has 2 saturated heterocycles. The van der Waals surface area contributed by atoms with Gasteiger partial charge in [0.05, 0.1) is 0 Å². The average molecular weight is 296 g/mol. The summed E-state index contributed by atoms with van der Waals surface area (Å²) in [7, 11) is 1.91. The first kappa shape index (κ1) is 16.1. The molecule has 2 N–H and O–H groups in total. The topological polar surface area (TPSA) is 64.7 Å². The first-order valence-electron chi connectivity index (χ1n) is 8.18. The van der Waals surface area contributed by atoms with Crippen molar-refractivity contribution in [1.82, 2.24) is 20.4 Å². The molecule has 2 rings (SSSR count). The van der Waals surface area contributed by atoms with Crippen molar-refractivity contribution in [3.05, 3.63) is 0 Å². The second-order valence-corrected chi connectivity index (χ2v) is 5.99. The van der Waals surface area contributed by atoms with Gasteiger partial charge in [-0.05, 0) is 45.7 Å². The summed E-state index contributed by atoms with van der Waals surface area (Å²) in [5.41, 5.74) is 0. The minimum atomic E-state index is 0.0715. The van der Waals surface area contributed by atoms with Crippen molar-refractivity contribution in [2.45, 2.75) is 32.1 Å². The lowest BCUT2D eigenvalue weighted by molar-refractivity contribution is -0.126. The van der Waals surface area contributed by atoms with E-state index in [0.29, 0.717) is 13.1 Å². The van der Waals surface area contributed by atoms with E-state index in [4.69, 9.17) is 0 Å². The third-order valence-corrected chi connectivity index (χ3v) is 4.42. The Bertz CT molecular complexity index is 348. The van der Waals surface area contributed by atoms with Gasteiger partial charge in [-0.15, -0.1) is 0 Å². The molecule has 0 atom stereocenters. The fraction of sp³-hybridized carbons (Fsp3) is 0.867. The minimum absolute atomic E-state index is 0.0715. The monoisotopic (exact) mass is 296 g/mol. The molecule has 0 aliphatic carbocycles. The Morgan fingerprint density at radius 3 is 2.24 bits per heavy atom. The van der Waals surface area contributed by atoms with Crippen LogP contribution in [0.5, 0.6) is 0 Å². The zero-order valence-electron chi connectivity index (χ0n) is 13.1. The van der Waals surface area contributed by atoms with Crippen LogP contribution in [0, 0.1) is 5.92 Å². The maximum Gasteiger partial charge on any atom is 0.319 e. The molecule has 6 heteroatoms. The van der Waals surface area contributed by atoms with Crippen molar-refractivity contribution in [2.75, 3.05) is 46.3 Å². The van der Waals surface area contributed by atoms with Crippen LogP contribution in [0.3, 0.4) is 0 Å². The fourth-order valence-corrected chi connectivity index (χ4v) is 3.06. The third kappa shape index (κ3) is 4.59. The molecule has 21 heavy (non-hydrogen) atoms. The largest absolute Gasteiger partial charge is 0.356 e. The van der Waals surface area contributed by atoms with Crippen LogP contribution >= 0.6 is 0 Å². The van der Waals surface area contributed by atoms with Gasteiger partial charge in [0.2, 0.25) is 5.91 Å². The summed E-state index contributed by atoms with van der Waals surface area (Å²) in [5, 5.41) is 6.06. The predicted octanol–water partition coefficient (Wildman–Crippen LogP) is 0.640. The third-order valence-electron chi connectivity index (χ3n) is 4.42. The molecule has 3 amide bonds. The van der Waals surface area contributed by atoms with Gasteiger partial charge in [-0.3, -0.25) is 4.79 Å². The Kier molecular flexibility index (Phi) is 6.29. The fourth-order valence-electron chi connectivity index (χ4n) is 3.06. The number of hydrogen-bond acceptors (Lipinski definition) is 3. The molecule has 2 aliphatic heterocycles. The highest BCUT2D eigenvalue weighted by molar-refractivity contribution is 5.79. The van der Waals surface area contributed by atoms with E-state index >= 15 is 0 Å². The Balaban J connectivity index is 1.67. The molecule has 0 spiro atoms. The minimum Gasteiger partial charge on any atom is -0.356 e. The van der Waals surface area contributed by atoms with E-state index in [2.05, 4.69) is 10.6 Å². The molecule has 0 saturated carbocycles. The van der Waals surface area contributed by atoms with Crippen molar-refractivity contribution in [3.63, 3.8) is 0 Å². The number of carbonyl (C=O) groups excluding carboxylic acids is 2. The van der Waals surface area contributed by atoms with Gasteiger partial charge in [0, 0.05) is 38.6 Å². The standard InChI is InChI=1S/C15H28N4O2/c1-16-7-4-8-17-14(20)13-5-11-19(12-6-13)15(21)18-9-2-3-10-18/h13,16H,2-12H2,1H3,(H,17,20). The highest BCUT2D eigenvalue weighted by Gasteiger charge is 2.30. The van der Waals surface area contributed by atoms with Crippen molar-refractivity contribution in [3.8, 4) is 0 Å². The molecular formula is C15H28N4O2. The lowest BCUT2D eigenvalue weighted by Gasteiger charge is -2.34. The van der Waals surface area contributed by atoms with Crippen molar-refractivity contribution >= 4 is 11.9 Å². The summed E-state index contributed by atoms with van der Waals surface area (Å²) in [6.07, 6.45) is 4.78. The number of amides is 3. The normalized spacial score (nSPS) is 19.9. The van der Waals surface area contributed by atoms with Crippen LogP contribution in [-0.4, -0.2) is 68.1 Å². The molecule has 120 valence electrons. The van der Waals surface area contributed by atoms with Crippen molar-refractivity contribution in [2.24, 2.45) is 5.92 Å². The quantitative estimate of drug-likeness (QED) is 0.732. The Morgan fingerprint density at radius 1 is 1.00 bits per heavy atom. The van der Waals surface area contributed by atoms with Gasteiger partial charge in [-0.2, -0.15) is 0 Å². The van der Waals surface area contributed by atoms with Crippen LogP contribution in [0.25, 0.3) is 0 Å². The number of urea groups is 1. The van der Waals surface area contributed by atoms with Gasteiger partial charge in [0.1, 0.15) is 0 Å². The van der Waals surface area contributed by atoms with E-state index < -0.39 is 0 Å². The van der Waals surface area contributed by atoms with E-state index in [-0.39, 0.29) is 17.9 Å². The first-order valence-corrected chi connectivity index (χ1v) is 8.18. The van der Waals surface area contributed by atoms with Gasteiger partial charge in [-0.1, -0.05) is 0 Å². The van der Waals surface area contributed by atoms with Gasteiger partial charge in [0.15, 0.2) is 0 Å². The second kappa shape index (κ2) is 8.22. The smallest absolute Gasteiger partial charge is 0.319 e. The number of nitrogens with one attached hydrogen (secondary N) is 2. The van der Waals surface area contributed by atoms with Gasteiger partial charge in [0.25, 0.3) is 0 Å². The van der Waals surface area contributed by atoms with Gasteiger partial charge in [-0.25, -0.2) is 4.79 Å². The molecule has 0 radical (unpaired) electrons. The van der Waals surface area contributed by atoms with Crippen molar-refractivity contribution in [1.29, 1.82) is 0 Å². The highest BCUT2D eigenvalue weighted by atomic mass is 16.2. The van der Waals surface area contributed by atoms with Crippen LogP contribution in [0.15, 0.2) is 0 Å². The molecular weight excluding hydrogens is 268 g/mol. The maximum atomic E-state index is 12.3. The highest BCUT2D eigenvalue weighted by Crippen LogP contribution is 2.20. The maximum absolute atomic E-state index is 12.3. The summed E-state index contributed by atoms with van der Waals surface area (Å²) < 4.78 is 0. The van der Waals surface area contributed by atoms with Gasteiger partial charge < -0.3 is 20.4 Å². The van der Waals surface area contributed by atoms with E-state index in [1.807, 2.05) is 16.8 Å². The van der Waals surface area contributed by atoms with Crippen LogP contribution in [0.4, 0.5) is 4.79 Å². The number of likely N-dealkylation sites (tertiary alicyclic amines) is 2. The zero-order chi connectivity index (χ0) is 15.1. The number of carbonyl (C=O) groups is 2. The molecule has 0 aromatic carbocycles. The van der Waals surface area contributed by atoms with Crippen LogP contribution in [0.2, 0.25) is 0 Å². The lowest BCUT2D eigenvalue weighted by atomic mass is 9.96. The summed E-state index contributed by atoms with van der Waals surface area (Å²) in [6, 6.07) is 0.167. The molecule has 2 fully saturated rings. The molecule has 0 unspecified atom stereocenters. The van der Waals surface area contributed by atoms with Gasteiger partial charge >= 0.3 is 6.03 Å². The lowest BCUT2D eigenvalue weighted by Crippen LogP contribution is -2.47. The number of piperidine rings is 1. The Hall–Kier alpha value is -1.30. The second-order valence-electron chi connectivity index (χ2n) is 5.99. The average Bonchev–Trinajstić information content (AvgIpc) is 3.05. The van der Waals surface area contributed by atoms with Crippen LogP contribution in [-0.2, 0) is 4.79 Å². The summed E-state index contributed by atoms with van der Waals surface area (Å²) in [6.45, 7) is 4.86. The van der Waals surface area contributed by atoms with E-state index in [9.17, 15) is 9.59 Å². The van der Waals surface area contributed by atoms with E-state index in [0.717, 1.165) is 58.3 Å². The summed E-state index contributed by atoms with van der Waals surface area (Å²) >= 11 is 0. The summed E-state index contributed by atoms with van der Waals surface area (Å²) in [4.78, 5) is 28.2.